The zero-order chi connectivity index (χ0) is 32.3. The van der Waals surface area contributed by atoms with Crippen molar-refractivity contribution in [2.24, 2.45) is 5.10 Å². The van der Waals surface area contributed by atoms with Crippen molar-refractivity contribution < 1.29 is 42.8 Å². The third-order valence-electron chi connectivity index (χ3n) is 6.60. The van der Waals surface area contributed by atoms with Crippen molar-refractivity contribution in [2.75, 3.05) is 27.4 Å². The highest BCUT2D eigenvalue weighted by Gasteiger charge is 2.32. The average molecular weight is 623 g/mol. The predicted octanol–water partition coefficient (Wildman–Crippen LogP) is 3.93. The summed E-state index contributed by atoms with van der Waals surface area (Å²) in [7, 11) is 2.78. The molecule has 2 atom stereocenters. The molecule has 13 heteroatoms. The van der Waals surface area contributed by atoms with E-state index in [2.05, 4.69) is 21.2 Å². The summed E-state index contributed by atoms with van der Waals surface area (Å²) in [5.74, 6) is 0.782. The van der Waals surface area contributed by atoms with Crippen LogP contribution in [0.4, 0.5) is 9.18 Å². The molecule has 0 fully saturated rings. The second-order valence-electron chi connectivity index (χ2n) is 9.74. The molecule has 3 aromatic carbocycles. The number of methoxy groups -OCH3 is 2. The number of hydrogen-bond donors (Lipinski definition) is 4. The predicted molar refractivity (Wildman–Crippen MR) is 163 cm³/mol. The Morgan fingerprint density at radius 2 is 1.76 bits per heavy atom. The number of aliphatic hydroxyl groups excluding tert-OH is 1. The van der Waals surface area contributed by atoms with E-state index in [1.807, 2.05) is 0 Å². The Morgan fingerprint density at radius 3 is 2.47 bits per heavy atom. The van der Waals surface area contributed by atoms with Crippen molar-refractivity contribution in [3.8, 4) is 23.0 Å². The van der Waals surface area contributed by atoms with Crippen LogP contribution in [0.15, 0.2) is 77.0 Å². The van der Waals surface area contributed by atoms with Crippen LogP contribution in [0.5, 0.6) is 23.0 Å². The fourth-order valence-corrected chi connectivity index (χ4v) is 4.45. The summed E-state index contributed by atoms with van der Waals surface area (Å²) in [6, 6.07) is 15.0. The first-order valence-electron chi connectivity index (χ1n) is 14.0. The molecule has 0 radical (unpaired) electrons. The molecular weight excluding hydrogens is 587 g/mol. The minimum absolute atomic E-state index is 0.174. The molecule has 0 spiro atoms. The van der Waals surface area contributed by atoms with Gasteiger partial charge in [-0.15, -0.1) is 0 Å². The summed E-state index contributed by atoms with van der Waals surface area (Å²) in [6.07, 6.45) is 0.327. The molecule has 45 heavy (non-hydrogen) atoms. The van der Waals surface area contributed by atoms with Gasteiger partial charge in [0.1, 0.15) is 19.0 Å². The van der Waals surface area contributed by atoms with Crippen LogP contribution in [0.25, 0.3) is 0 Å². The molecule has 0 aliphatic carbocycles. The lowest BCUT2D eigenvalue weighted by molar-refractivity contribution is -0.136. The van der Waals surface area contributed by atoms with Gasteiger partial charge in [0.15, 0.2) is 29.2 Å². The summed E-state index contributed by atoms with van der Waals surface area (Å²) in [5.41, 5.74) is 5.30. The Balaban J connectivity index is 1.36. The number of urea groups is 1. The number of nitrogens with zero attached hydrogens (tertiary/aromatic N) is 1. The Kier molecular flexibility index (Phi) is 11.2. The number of ether oxygens (including phenoxy) is 5. The smallest absolute Gasteiger partial charge is 0.337 e. The number of hydrazone groups is 1. The summed E-state index contributed by atoms with van der Waals surface area (Å²) < 4.78 is 40.8. The Morgan fingerprint density at radius 1 is 1.02 bits per heavy atom. The lowest BCUT2D eigenvalue weighted by atomic mass is 9.95. The largest absolute Gasteiger partial charge is 0.493 e. The number of aliphatic hydroxyl groups is 1. The van der Waals surface area contributed by atoms with Crippen molar-refractivity contribution >= 4 is 18.2 Å². The van der Waals surface area contributed by atoms with E-state index >= 15 is 0 Å². The Bertz CT molecular complexity index is 1560. The number of halogens is 1. The third kappa shape index (κ3) is 8.63. The van der Waals surface area contributed by atoms with E-state index < -0.39 is 24.3 Å². The monoisotopic (exact) mass is 622 g/mol. The maximum Gasteiger partial charge on any atom is 0.337 e. The van der Waals surface area contributed by atoms with Gasteiger partial charge in [-0.05, 0) is 73.0 Å². The molecule has 2 amide bonds. The number of carbonyl (C=O) groups excluding carboxylic acids is 2. The number of allylic oxidation sites excluding steroid dienone is 1. The van der Waals surface area contributed by atoms with Gasteiger partial charge < -0.3 is 39.4 Å². The van der Waals surface area contributed by atoms with E-state index in [4.69, 9.17) is 23.7 Å². The van der Waals surface area contributed by atoms with Gasteiger partial charge in [0.2, 0.25) is 0 Å². The highest BCUT2D eigenvalue weighted by Crippen LogP contribution is 2.35. The number of rotatable bonds is 14. The molecule has 238 valence electrons. The van der Waals surface area contributed by atoms with Crippen LogP contribution in [0.1, 0.15) is 36.6 Å². The SMILES string of the molecule is CCOc1cc([C@H]2NC(=O)NC(C)=C2C(=O)OC)ccc1OC[C@H](O)N/N=C\c1ccc(OCc2ccc(F)cc2)c(OC)c1. The van der Waals surface area contributed by atoms with Gasteiger partial charge in [0.05, 0.1) is 38.7 Å². The molecule has 0 aromatic heterocycles. The van der Waals surface area contributed by atoms with E-state index in [1.54, 1.807) is 62.4 Å². The van der Waals surface area contributed by atoms with E-state index in [9.17, 15) is 19.1 Å². The van der Waals surface area contributed by atoms with Crippen molar-refractivity contribution in [3.05, 3.63) is 94.4 Å². The summed E-state index contributed by atoms with van der Waals surface area (Å²) >= 11 is 0. The maximum absolute atomic E-state index is 13.1. The van der Waals surface area contributed by atoms with Crippen LogP contribution >= 0.6 is 0 Å². The lowest BCUT2D eigenvalue weighted by Crippen LogP contribution is -2.45. The summed E-state index contributed by atoms with van der Waals surface area (Å²) in [4.78, 5) is 24.6. The number of amides is 2. The molecule has 12 nitrogen and oxygen atoms in total. The fraction of sp³-hybridized carbons (Fsp3) is 0.281. The molecule has 0 unspecified atom stereocenters. The van der Waals surface area contributed by atoms with Crippen LogP contribution in [0, 0.1) is 5.82 Å². The number of nitrogens with one attached hydrogen (secondary N) is 3. The van der Waals surface area contributed by atoms with Gasteiger partial charge in [-0.1, -0.05) is 18.2 Å². The van der Waals surface area contributed by atoms with Crippen molar-refractivity contribution in [1.29, 1.82) is 0 Å². The Labute approximate surface area is 259 Å². The van der Waals surface area contributed by atoms with Gasteiger partial charge in [0, 0.05) is 5.70 Å². The van der Waals surface area contributed by atoms with Crippen molar-refractivity contribution in [3.63, 3.8) is 0 Å². The summed E-state index contributed by atoms with van der Waals surface area (Å²) in [5, 5.41) is 19.8. The van der Waals surface area contributed by atoms with Gasteiger partial charge in [-0.2, -0.15) is 5.10 Å². The van der Waals surface area contributed by atoms with E-state index in [0.29, 0.717) is 46.4 Å². The van der Waals surface area contributed by atoms with E-state index in [1.165, 1.54) is 32.6 Å². The molecule has 1 aliphatic heterocycles. The highest BCUT2D eigenvalue weighted by atomic mass is 19.1. The van der Waals surface area contributed by atoms with Crippen LogP contribution in [0.2, 0.25) is 0 Å². The van der Waals surface area contributed by atoms with Crippen LogP contribution in [-0.2, 0) is 16.1 Å². The first-order valence-corrected chi connectivity index (χ1v) is 14.0. The van der Waals surface area contributed by atoms with Crippen LogP contribution in [-0.4, -0.2) is 57.0 Å². The molecule has 0 saturated carbocycles. The fourth-order valence-electron chi connectivity index (χ4n) is 4.45. The van der Waals surface area contributed by atoms with E-state index in [0.717, 1.165) is 5.56 Å². The molecular formula is C32H35FN4O8. The standard InChI is InChI=1S/C32H35FN4O8/c1-5-43-27-15-22(30-29(31(39)42-4)19(2)35-32(40)36-30)9-13-25(27)45-18-28(38)37-34-16-21-8-12-24(26(14-21)41-3)44-17-20-6-10-23(33)11-7-20/h6-16,28,30,37-38H,5,17-18H2,1-4H3,(H2,35,36,40)/b34-16-/t28-,30+/m0/s1. The second kappa shape index (κ2) is 15.4. The first kappa shape index (κ1) is 32.6. The number of carbonyl (C=O) groups is 2. The molecule has 0 bridgehead atoms. The topological polar surface area (TPSA) is 149 Å². The van der Waals surface area contributed by atoms with Gasteiger partial charge in [-0.3, -0.25) is 5.43 Å². The highest BCUT2D eigenvalue weighted by molar-refractivity contribution is 5.95. The zero-order valence-corrected chi connectivity index (χ0v) is 25.3. The minimum atomic E-state index is -1.17. The van der Waals surface area contributed by atoms with Crippen LogP contribution in [0.3, 0.4) is 0 Å². The average Bonchev–Trinajstić information content (AvgIpc) is 3.03. The number of benzene rings is 3. The molecule has 1 aliphatic rings. The maximum atomic E-state index is 13.1. The van der Waals surface area contributed by atoms with Crippen molar-refractivity contribution in [2.45, 2.75) is 32.7 Å². The van der Waals surface area contributed by atoms with Crippen LogP contribution < -0.4 is 35.0 Å². The molecule has 1 heterocycles. The normalized spacial score (nSPS) is 15.2. The van der Waals surface area contributed by atoms with Gasteiger partial charge >= 0.3 is 12.0 Å². The molecule has 0 saturated heterocycles. The van der Waals surface area contributed by atoms with Gasteiger partial charge in [-0.25, -0.2) is 14.0 Å². The lowest BCUT2D eigenvalue weighted by Gasteiger charge is -2.28. The third-order valence-corrected chi connectivity index (χ3v) is 6.60. The number of hydrogen-bond acceptors (Lipinski definition) is 10. The minimum Gasteiger partial charge on any atom is -0.493 e. The molecule has 4 rings (SSSR count). The van der Waals surface area contributed by atoms with Crippen molar-refractivity contribution in [1.82, 2.24) is 16.1 Å². The molecule has 4 N–H and O–H groups in total. The number of esters is 1. The van der Waals surface area contributed by atoms with E-state index in [-0.39, 0.29) is 24.6 Å². The second-order valence-corrected chi connectivity index (χ2v) is 9.74. The van der Waals surface area contributed by atoms with Gasteiger partial charge in [0.25, 0.3) is 0 Å². The molecule has 3 aromatic rings. The Hall–Kier alpha value is -5.30. The quantitative estimate of drug-likeness (QED) is 0.0908. The zero-order valence-electron chi connectivity index (χ0n) is 25.3. The summed E-state index contributed by atoms with van der Waals surface area (Å²) in [6.45, 7) is 3.81. The first-order chi connectivity index (χ1) is 21.7.